The lowest BCUT2D eigenvalue weighted by atomic mass is 9.97. The molecule has 0 saturated carbocycles. The number of nitriles is 1. The number of nitrogens with one attached hydrogen (secondary N) is 1. The van der Waals surface area contributed by atoms with Crippen molar-refractivity contribution in [2.75, 3.05) is 22.4 Å². The minimum Gasteiger partial charge on any atom is -0.324 e. The highest BCUT2D eigenvalue weighted by Gasteiger charge is 2.22. The summed E-state index contributed by atoms with van der Waals surface area (Å²) in [4.78, 5) is 12.6. The summed E-state index contributed by atoms with van der Waals surface area (Å²) >= 11 is 0. The fourth-order valence-electron chi connectivity index (χ4n) is 2.71. The van der Waals surface area contributed by atoms with Gasteiger partial charge in [-0.1, -0.05) is 38.1 Å². The lowest BCUT2D eigenvalue weighted by molar-refractivity contribution is -0.114. The van der Waals surface area contributed by atoms with Crippen LogP contribution >= 0.6 is 0 Å². The van der Waals surface area contributed by atoms with Crippen molar-refractivity contribution in [1.82, 2.24) is 0 Å². The van der Waals surface area contributed by atoms with Gasteiger partial charge in [-0.3, -0.25) is 9.10 Å². The third-order valence-electron chi connectivity index (χ3n) is 4.33. The van der Waals surface area contributed by atoms with Crippen molar-refractivity contribution in [2.24, 2.45) is 0 Å². The summed E-state index contributed by atoms with van der Waals surface area (Å²) in [6.07, 6.45) is 1.95. The molecule has 0 heterocycles. The molecule has 1 unspecified atom stereocenters. The maximum absolute atomic E-state index is 12.6. The van der Waals surface area contributed by atoms with Gasteiger partial charge in [-0.25, -0.2) is 8.42 Å². The maximum atomic E-state index is 12.6. The number of rotatable bonds is 7. The number of carbonyl (C=O) groups is 1. The van der Waals surface area contributed by atoms with E-state index in [0.717, 1.165) is 22.5 Å². The first-order chi connectivity index (χ1) is 12.8. The molecule has 0 radical (unpaired) electrons. The Morgan fingerprint density at radius 2 is 1.93 bits per heavy atom. The highest BCUT2D eigenvalue weighted by atomic mass is 32.2. The number of para-hydroxylation sites is 1. The number of benzene rings is 2. The van der Waals surface area contributed by atoms with E-state index in [1.807, 2.05) is 24.3 Å². The molecule has 2 aromatic carbocycles. The molecule has 0 aromatic heterocycles. The van der Waals surface area contributed by atoms with Gasteiger partial charge in [0.15, 0.2) is 0 Å². The van der Waals surface area contributed by atoms with Gasteiger partial charge in [-0.15, -0.1) is 0 Å². The molecule has 0 aliphatic rings. The molecule has 1 atom stereocenters. The van der Waals surface area contributed by atoms with E-state index >= 15 is 0 Å². The average Bonchev–Trinajstić information content (AvgIpc) is 2.65. The second-order valence-electron chi connectivity index (χ2n) is 6.38. The predicted octanol–water partition coefficient (Wildman–Crippen LogP) is 3.48. The number of sulfonamides is 1. The highest BCUT2D eigenvalue weighted by Crippen LogP contribution is 2.26. The monoisotopic (exact) mass is 385 g/mol. The first kappa shape index (κ1) is 20.5. The normalized spacial score (nSPS) is 12.1. The standard InChI is InChI=1S/C20H23N3O3S/c1-4-15(2)18-10-5-6-11-19(18)22-20(24)14-23(27(3,25)26)17-9-7-8-16(12-17)13-21/h5-12,15H,4,14H2,1-3H3,(H,22,24). The summed E-state index contributed by atoms with van der Waals surface area (Å²) in [5, 5.41) is 11.8. The van der Waals surface area contributed by atoms with E-state index in [1.165, 1.54) is 6.07 Å². The summed E-state index contributed by atoms with van der Waals surface area (Å²) in [6, 6.07) is 15.6. The van der Waals surface area contributed by atoms with Gasteiger partial charge in [0.2, 0.25) is 15.9 Å². The largest absolute Gasteiger partial charge is 0.324 e. The molecule has 27 heavy (non-hydrogen) atoms. The van der Waals surface area contributed by atoms with E-state index in [-0.39, 0.29) is 18.2 Å². The SMILES string of the molecule is CCC(C)c1ccccc1NC(=O)CN(c1cccc(C#N)c1)S(C)(=O)=O. The Kier molecular flexibility index (Phi) is 6.59. The van der Waals surface area contributed by atoms with Crippen LogP contribution in [-0.4, -0.2) is 27.1 Å². The molecule has 0 saturated heterocycles. The molecule has 2 aromatic rings. The topological polar surface area (TPSA) is 90.3 Å². The second kappa shape index (κ2) is 8.69. The summed E-state index contributed by atoms with van der Waals surface area (Å²) in [6.45, 7) is 3.76. The number of nitrogens with zero attached hydrogens (tertiary/aromatic N) is 2. The lowest BCUT2D eigenvalue weighted by Crippen LogP contribution is -2.37. The molecule has 0 fully saturated rings. The van der Waals surface area contributed by atoms with Crippen LogP contribution in [0.15, 0.2) is 48.5 Å². The third-order valence-corrected chi connectivity index (χ3v) is 5.47. The summed E-state index contributed by atoms with van der Waals surface area (Å²) in [7, 11) is -3.70. The molecule has 0 aliphatic carbocycles. The van der Waals surface area contributed by atoms with Gasteiger partial charge in [-0.2, -0.15) is 5.26 Å². The van der Waals surface area contributed by atoms with Crippen LogP contribution in [0.25, 0.3) is 0 Å². The number of carbonyl (C=O) groups excluding carboxylic acids is 1. The lowest BCUT2D eigenvalue weighted by Gasteiger charge is -2.23. The minimum absolute atomic E-state index is 0.264. The van der Waals surface area contributed by atoms with Gasteiger partial charge in [0.25, 0.3) is 0 Å². The summed E-state index contributed by atoms with van der Waals surface area (Å²) < 4.78 is 25.4. The molecule has 0 spiro atoms. The zero-order chi connectivity index (χ0) is 20.0. The Morgan fingerprint density at radius 1 is 1.22 bits per heavy atom. The van der Waals surface area contributed by atoms with Crippen LogP contribution in [0.1, 0.15) is 37.3 Å². The smallest absolute Gasteiger partial charge is 0.245 e. The molecule has 7 heteroatoms. The number of amides is 1. The van der Waals surface area contributed by atoms with Crippen LogP contribution in [0.5, 0.6) is 0 Å². The molecule has 1 amide bonds. The molecule has 0 bridgehead atoms. The van der Waals surface area contributed by atoms with E-state index < -0.39 is 15.9 Å². The van der Waals surface area contributed by atoms with Crippen LogP contribution in [0, 0.1) is 11.3 Å². The van der Waals surface area contributed by atoms with Crippen LogP contribution in [0.2, 0.25) is 0 Å². The zero-order valence-corrected chi connectivity index (χ0v) is 16.5. The van der Waals surface area contributed by atoms with Crippen LogP contribution in [0.4, 0.5) is 11.4 Å². The Labute approximate surface area is 160 Å². The number of hydrogen-bond donors (Lipinski definition) is 1. The van der Waals surface area contributed by atoms with Gasteiger partial charge < -0.3 is 5.32 Å². The molecule has 2 rings (SSSR count). The van der Waals surface area contributed by atoms with Crippen molar-refractivity contribution >= 4 is 27.3 Å². The quantitative estimate of drug-likeness (QED) is 0.790. The minimum atomic E-state index is -3.70. The molecule has 1 N–H and O–H groups in total. The van der Waals surface area contributed by atoms with Crippen molar-refractivity contribution in [2.45, 2.75) is 26.2 Å². The van der Waals surface area contributed by atoms with Crippen molar-refractivity contribution in [3.05, 3.63) is 59.7 Å². The van der Waals surface area contributed by atoms with E-state index in [2.05, 4.69) is 19.2 Å². The molecule has 142 valence electrons. The molecular formula is C20H23N3O3S. The van der Waals surface area contributed by atoms with Crippen molar-refractivity contribution in [1.29, 1.82) is 5.26 Å². The Hall–Kier alpha value is -2.85. The zero-order valence-electron chi connectivity index (χ0n) is 15.6. The van der Waals surface area contributed by atoms with Crippen LogP contribution < -0.4 is 9.62 Å². The van der Waals surface area contributed by atoms with Gasteiger partial charge in [0.05, 0.1) is 23.6 Å². The van der Waals surface area contributed by atoms with E-state index in [1.54, 1.807) is 24.3 Å². The van der Waals surface area contributed by atoms with Crippen LogP contribution in [0.3, 0.4) is 0 Å². The highest BCUT2D eigenvalue weighted by molar-refractivity contribution is 7.92. The average molecular weight is 385 g/mol. The molecule has 0 aliphatic heterocycles. The fraction of sp³-hybridized carbons (Fsp3) is 0.300. The number of hydrogen-bond acceptors (Lipinski definition) is 4. The maximum Gasteiger partial charge on any atom is 0.245 e. The van der Waals surface area contributed by atoms with E-state index in [9.17, 15) is 13.2 Å². The van der Waals surface area contributed by atoms with E-state index in [0.29, 0.717) is 11.3 Å². The van der Waals surface area contributed by atoms with Crippen LogP contribution in [-0.2, 0) is 14.8 Å². The van der Waals surface area contributed by atoms with Gasteiger partial charge in [0.1, 0.15) is 6.54 Å². The fourth-order valence-corrected chi connectivity index (χ4v) is 3.56. The number of anilines is 2. The Morgan fingerprint density at radius 3 is 2.56 bits per heavy atom. The van der Waals surface area contributed by atoms with Crippen molar-refractivity contribution in [3.63, 3.8) is 0 Å². The summed E-state index contributed by atoms with van der Waals surface area (Å²) in [5.74, 6) is -0.182. The van der Waals surface area contributed by atoms with Gasteiger partial charge in [-0.05, 0) is 42.2 Å². The molecular weight excluding hydrogens is 362 g/mol. The van der Waals surface area contributed by atoms with Crippen molar-refractivity contribution in [3.8, 4) is 6.07 Å². The van der Waals surface area contributed by atoms with Gasteiger partial charge in [0, 0.05) is 5.69 Å². The van der Waals surface area contributed by atoms with E-state index in [4.69, 9.17) is 5.26 Å². The Bertz CT molecular complexity index is 964. The second-order valence-corrected chi connectivity index (χ2v) is 8.28. The predicted molar refractivity (Wildman–Crippen MR) is 107 cm³/mol. The van der Waals surface area contributed by atoms with Crippen molar-refractivity contribution < 1.29 is 13.2 Å². The molecule has 6 nitrogen and oxygen atoms in total. The van der Waals surface area contributed by atoms with Gasteiger partial charge >= 0.3 is 0 Å². The third kappa shape index (κ3) is 5.31. The first-order valence-electron chi connectivity index (χ1n) is 8.63. The summed E-state index contributed by atoms with van der Waals surface area (Å²) in [5.41, 5.74) is 2.28. The Balaban J connectivity index is 2.27. The first-order valence-corrected chi connectivity index (χ1v) is 10.5.